The first kappa shape index (κ1) is 15.8. The molecule has 0 amide bonds. The van der Waals surface area contributed by atoms with Gasteiger partial charge in [0.1, 0.15) is 0 Å². The fourth-order valence-corrected chi connectivity index (χ4v) is 11.4. The standard InChI is InChI=1S/C7H16N.C6H14N2.In/c1-4-7-8(5-2)6-3;1-4-8(3)6-5-7-2;/h1,4-7H2,2-3H3;1,4-6H2,2-3H3;/q;-1;+1. The van der Waals surface area contributed by atoms with Gasteiger partial charge in [0.25, 0.3) is 0 Å². The van der Waals surface area contributed by atoms with Gasteiger partial charge in [0.05, 0.1) is 0 Å². The molecule has 0 unspecified atom stereocenters. The number of likely N-dealkylation sites (N-methyl/N-ethyl adjacent to an activating group) is 2. The van der Waals surface area contributed by atoms with Gasteiger partial charge in [-0.1, -0.05) is 0 Å². The zero-order valence-electron chi connectivity index (χ0n) is 12.3. The molecular formula is C13H30InN3. The molecule has 0 atom stereocenters. The monoisotopic (exact) mass is 343 g/mol. The minimum absolute atomic E-state index is 1.22. The van der Waals surface area contributed by atoms with E-state index in [4.69, 9.17) is 0 Å². The quantitative estimate of drug-likeness (QED) is 0.725. The first-order valence-electron chi connectivity index (χ1n) is 7.28. The van der Waals surface area contributed by atoms with Crippen LogP contribution in [0.3, 0.4) is 0 Å². The van der Waals surface area contributed by atoms with Gasteiger partial charge in [0.2, 0.25) is 0 Å². The molecule has 0 radical (unpaired) electrons. The van der Waals surface area contributed by atoms with E-state index < -0.39 is 21.7 Å². The second-order valence-electron chi connectivity index (χ2n) is 5.40. The van der Waals surface area contributed by atoms with Crippen LogP contribution in [-0.4, -0.2) is 87.8 Å². The third-order valence-electron chi connectivity index (χ3n) is 4.21. The molecule has 0 spiro atoms. The molecule has 1 aliphatic rings. The normalized spacial score (nSPS) is 19.9. The second kappa shape index (κ2) is 8.78. The molecule has 0 N–H and O–H groups in total. The summed E-state index contributed by atoms with van der Waals surface area (Å²) in [6.07, 6.45) is 1.44. The Morgan fingerprint density at radius 1 is 1.06 bits per heavy atom. The molecule has 0 aliphatic carbocycles. The van der Waals surface area contributed by atoms with Gasteiger partial charge in [0.15, 0.2) is 0 Å². The van der Waals surface area contributed by atoms with Crippen molar-refractivity contribution in [3.8, 4) is 0 Å². The van der Waals surface area contributed by atoms with Gasteiger partial charge >= 0.3 is 116 Å². The van der Waals surface area contributed by atoms with Gasteiger partial charge in [-0.2, -0.15) is 0 Å². The van der Waals surface area contributed by atoms with Gasteiger partial charge in [-0.15, -0.1) is 0 Å². The molecule has 17 heavy (non-hydrogen) atoms. The third kappa shape index (κ3) is 5.95. The van der Waals surface area contributed by atoms with Gasteiger partial charge in [-0.25, -0.2) is 0 Å². The maximum atomic E-state index is 2.77. The number of rotatable bonds is 6. The molecular weight excluding hydrogens is 313 g/mol. The first-order chi connectivity index (χ1) is 8.17. The van der Waals surface area contributed by atoms with Crippen molar-refractivity contribution in [1.82, 2.24) is 12.7 Å². The molecule has 1 saturated heterocycles. The van der Waals surface area contributed by atoms with Crippen LogP contribution in [0.15, 0.2) is 0 Å². The average molecular weight is 343 g/mol. The summed E-state index contributed by atoms with van der Waals surface area (Å²) < 4.78 is 5.89. The summed E-state index contributed by atoms with van der Waals surface area (Å²) in [4.78, 5) is 5.08. The Hall–Kier alpha value is 0.750. The van der Waals surface area contributed by atoms with Crippen LogP contribution >= 0.6 is 0 Å². The SMILES string of the molecule is CCN(CC)CC[CH2][In]1[CH2]CN(C)CC[N]1C. The Kier molecular flexibility index (Phi) is 8.17. The topological polar surface area (TPSA) is 9.72 Å². The van der Waals surface area contributed by atoms with Crippen molar-refractivity contribution in [2.75, 3.05) is 53.4 Å². The minimum atomic E-state index is -1.35. The van der Waals surface area contributed by atoms with Crippen LogP contribution in [0.5, 0.6) is 0 Å². The van der Waals surface area contributed by atoms with Crippen LogP contribution in [0.2, 0.25) is 8.35 Å². The van der Waals surface area contributed by atoms with Gasteiger partial charge < -0.3 is 0 Å². The van der Waals surface area contributed by atoms with E-state index in [1.807, 2.05) is 0 Å². The summed E-state index contributed by atoms with van der Waals surface area (Å²) in [5.74, 6) is 0. The molecule has 0 aromatic carbocycles. The Morgan fingerprint density at radius 3 is 2.41 bits per heavy atom. The second-order valence-corrected chi connectivity index (χ2v) is 14.9. The number of hydrogen-bond donors (Lipinski definition) is 0. The van der Waals surface area contributed by atoms with E-state index in [1.54, 1.807) is 8.35 Å². The van der Waals surface area contributed by atoms with E-state index >= 15 is 0 Å². The summed E-state index contributed by atoms with van der Waals surface area (Å²) in [7, 11) is 4.66. The summed E-state index contributed by atoms with van der Waals surface area (Å²) >= 11 is -1.35. The summed E-state index contributed by atoms with van der Waals surface area (Å²) in [6.45, 7) is 12.3. The van der Waals surface area contributed by atoms with E-state index in [0.29, 0.717) is 0 Å². The van der Waals surface area contributed by atoms with Crippen molar-refractivity contribution >= 4 is 21.7 Å². The van der Waals surface area contributed by atoms with Crippen LogP contribution in [0.4, 0.5) is 0 Å². The molecule has 3 nitrogen and oxygen atoms in total. The van der Waals surface area contributed by atoms with E-state index in [9.17, 15) is 0 Å². The van der Waals surface area contributed by atoms with E-state index in [0.717, 1.165) is 0 Å². The molecule has 0 aromatic heterocycles. The summed E-state index contributed by atoms with van der Waals surface area (Å²) in [5, 5.41) is 0. The van der Waals surface area contributed by atoms with Gasteiger partial charge in [-0.3, -0.25) is 0 Å². The summed E-state index contributed by atoms with van der Waals surface area (Å²) in [6, 6.07) is 0. The van der Waals surface area contributed by atoms with Gasteiger partial charge in [0, 0.05) is 0 Å². The van der Waals surface area contributed by atoms with Crippen molar-refractivity contribution < 1.29 is 0 Å². The van der Waals surface area contributed by atoms with E-state index in [1.165, 1.54) is 45.7 Å². The van der Waals surface area contributed by atoms with E-state index in [-0.39, 0.29) is 0 Å². The van der Waals surface area contributed by atoms with Crippen LogP contribution in [0.1, 0.15) is 20.3 Å². The van der Waals surface area contributed by atoms with Crippen LogP contribution in [-0.2, 0) is 0 Å². The molecule has 0 aromatic rings. The molecule has 1 aliphatic heterocycles. The Bertz CT molecular complexity index is 197. The zero-order chi connectivity index (χ0) is 12.7. The maximum absolute atomic E-state index is 2.77. The van der Waals surface area contributed by atoms with Crippen molar-refractivity contribution in [2.24, 2.45) is 0 Å². The van der Waals surface area contributed by atoms with Crippen molar-refractivity contribution in [3.05, 3.63) is 0 Å². The first-order valence-corrected chi connectivity index (χ1v) is 13.4. The Labute approximate surface area is 116 Å². The van der Waals surface area contributed by atoms with E-state index in [2.05, 4.69) is 40.6 Å². The fourth-order valence-electron chi connectivity index (χ4n) is 2.67. The molecule has 1 heterocycles. The Morgan fingerprint density at radius 2 is 1.76 bits per heavy atom. The molecule has 0 bridgehead atoms. The van der Waals surface area contributed by atoms with Crippen LogP contribution in [0, 0.1) is 0 Å². The predicted molar refractivity (Wildman–Crippen MR) is 77.9 cm³/mol. The Balaban J connectivity index is 2.24. The van der Waals surface area contributed by atoms with Crippen molar-refractivity contribution in [3.63, 3.8) is 0 Å². The molecule has 1 fully saturated rings. The average Bonchev–Trinajstić information content (AvgIpc) is 2.49. The molecule has 0 saturated carbocycles. The molecule has 4 heteroatoms. The van der Waals surface area contributed by atoms with Crippen molar-refractivity contribution in [1.29, 1.82) is 0 Å². The van der Waals surface area contributed by atoms with Gasteiger partial charge in [-0.05, 0) is 0 Å². The molecule has 1 rings (SSSR count). The predicted octanol–water partition coefficient (Wildman–Crippen LogP) is 1.59. The summed E-state index contributed by atoms with van der Waals surface area (Å²) in [5.41, 5.74) is 0. The van der Waals surface area contributed by atoms with Crippen molar-refractivity contribution in [2.45, 2.75) is 28.6 Å². The van der Waals surface area contributed by atoms with Crippen LogP contribution in [0.25, 0.3) is 0 Å². The molecule has 100 valence electrons. The zero-order valence-corrected chi connectivity index (χ0v) is 15.6. The number of nitrogens with zero attached hydrogens (tertiary/aromatic N) is 3. The van der Waals surface area contributed by atoms with Crippen LogP contribution < -0.4 is 0 Å². The fraction of sp³-hybridized carbons (Fsp3) is 1.00. The third-order valence-corrected chi connectivity index (χ3v) is 14.2. The number of hydrogen-bond acceptors (Lipinski definition) is 3.